The molecular formula is C16H25NO. The van der Waals surface area contributed by atoms with E-state index in [4.69, 9.17) is 4.74 Å². The summed E-state index contributed by atoms with van der Waals surface area (Å²) in [4.78, 5) is 0. The number of nitrogens with one attached hydrogen (secondary N) is 1. The van der Waals surface area contributed by atoms with Gasteiger partial charge < -0.3 is 10.1 Å². The van der Waals surface area contributed by atoms with E-state index in [0.29, 0.717) is 12.1 Å². The van der Waals surface area contributed by atoms with E-state index in [1.54, 1.807) is 0 Å². The standard InChI is InChI=1S/C16H25NO/c1-4-9-17-16(15-6-5-10-18-15)14-8-7-12(2)11-13(14)3/h7-8,11,15-17H,4-6,9-10H2,1-3H3. The van der Waals surface area contributed by atoms with Crippen LogP contribution in [-0.2, 0) is 4.74 Å². The summed E-state index contributed by atoms with van der Waals surface area (Å²) < 4.78 is 5.89. The molecule has 1 aromatic rings. The zero-order valence-electron chi connectivity index (χ0n) is 11.8. The van der Waals surface area contributed by atoms with Gasteiger partial charge in [0.15, 0.2) is 0 Å². The van der Waals surface area contributed by atoms with Crippen molar-refractivity contribution in [3.8, 4) is 0 Å². The molecule has 1 heterocycles. The molecule has 2 atom stereocenters. The molecule has 1 saturated heterocycles. The maximum Gasteiger partial charge on any atom is 0.0770 e. The molecule has 2 rings (SSSR count). The largest absolute Gasteiger partial charge is 0.376 e. The first-order chi connectivity index (χ1) is 8.72. The van der Waals surface area contributed by atoms with Crippen molar-refractivity contribution in [1.29, 1.82) is 0 Å². The van der Waals surface area contributed by atoms with Crippen molar-refractivity contribution < 1.29 is 4.74 Å². The van der Waals surface area contributed by atoms with Crippen molar-refractivity contribution >= 4 is 0 Å². The number of aryl methyl sites for hydroxylation is 2. The highest BCUT2D eigenvalue weighted by molar-refractivity contribution is 5.33. The Kier molecular flexibility index (Phi) is 4.79. The maximum absolute atomic E-state index is 5.89. The van der Waals surface area contributed by atoms with Gasteiger partial charge in [0.2, 0.25) is 0 Å². The van der Waals surface area contributed by atoms with Crippen LogP contribution in [0.2, 0.25) is 0 Å². The first-order valence-electron chi connectivity index (χ1n) is 7.14. The van der Waals surface area contributed by atoms with Gasteiger partial charge in [-0.1, -0.05) is 30.7 Å². The highest BCUT2D eigenvalue weighted by Crippen LogP contribution is 2.29. The van der Waals surface area contributed by atoms with Crippen molar-refractivity contribution in [2.24, 2.45) is 0 Å². The fraction of sp³-hybridized carbons (Fsp3) is 0.625. The third-order valence-electron chi connectivity index (χ3n) is 3.71. The van der Waals surface area contributed by atoms with E-state index in [-0.39, 0.29) is 0 Å². The molecule has 1 aliphatic rings. The topological polar surface area (TPSA) is 21.3 Å². The fourth-order valence-corrected chi connectivity index (χ4v) is 2.78. The lowest BCUT2D eigenvalue weighted by Crippen LogP contribution is -2.32. The van der Waals surface area contributed by atoms with E-state index in [1.807, 2.05) is 0 Å². The maximum atomic E-state index is 5.89. The van der Waals surface area contributed by atoms with Crippen LogP contribution < -0.4 is 5.32 Å². The second-order valence-corrected chi connectivity index (χ2v) is 5.34. The van der Waals surface area contributed by atoms with Gasteiger partial charge in [0, 0.05) is 6.61 Å². The van der Waals surface area contributed by atoms with Crippen molar-refractivity contribution in [3.05, 3.63) is 34.9 Å². The minimum Gasteiger partial charge on any atom is -0.376 e. The molecule has 0 saturated carbocycles. The smallest absolute Gasteiger partial charge is 0.0770 e. The molecule has 2 nitrogen and oxygen atoms in total. The van der Waals surface area contributed by atoms with Gasteiger partial charge in [-0.3, -0.25) is 0 Å². The van der Waals surface area contributed by atoms with E-state index in [0.717, 1.165) is 19.6 Å². The molecule has 0 amide bonds. The molecule has 0 aromatic heterocycles. The Morgan fingerprint density at radius 3 is 2.83 bits per heavy atom. The Hall–Kier alpha value is -0.860. The minimum atomic E-state index is 0.345. The molecule has 2 unspecified atom stereocenters. The first-order valence-corrected chi connectivity index (χ1v) is 7.14. The Morgan fingerprint density at radius 1 is 1.39 bits per heavy atom. The highest BCUT2D eigenvalue weighted by Gasteiger charge is 2.27. The SMILES string of the molecule is CCCNC(c1ccc(C)cc1C)C1CCCO1. The number of rotatable bonds is 5. The summed E-state index contributed by atoms with van der Waals surface area (Å²) in [7, 11) is 0. The summed E-state index contributed by atoms with van der Waals surface area (Å²) in [5, 5.41) is 3.66. The summed E-state index contributed by atoms with van der Waals surface area (Å²) >= 11 is 0. The Balaban J connectivity index is 2.20. The quantitative estimate of drug-likeness (QED) is 0.859. The fourth-order valence-electron chi connectivity index (χ4n) is 2.78. The lowest BCUT2D eigenvalue weighted by atomic mass is 9.94. The van der Waals surface area contributed by atoms with Gasteiger partial charge in [0.1, 0.15) is 0 Å². The molecule has 1 N–H and O–H groups in total. The molecule has 0 radical (unpaired) electrons. The average Bonchev–Trinajstić information content (AvgIpc) is 2.85. The molecule has 2 heteroatoms. The number of hydrogen-bond donors (Lipinski definition) is 1. The van der Waals surface area contributed by atoms with Crippen LogP contribution in [0.25, 0.3) is 0 Å². The van der Waals surface area contributed by atoms with Gasteiger partial charge >= 0.3 is 0 Å². The average molecular weight is 247 g/mol. The van der Waals surface area contributed by atoms with Gasteiger partial charge in [-0.2, -0.15) is 0 Å². The first kappa shape index (κ1) is 13.6. The van der Waals surface area contributed by atoms with E-state index >= 15 is 0 Å². The van der Waals surface area contributed by atoms with Crippen LogP contribution in [0.3, 0.4) is 0 Å². The van der Waals surface area contributed by atoms with Crippen molar-refractivity contribution in [1.82, 2.24) is 5.32 Å². The summed E-state index contributed by atoms with van der Waals surface area (Å²) in [5.74, 6) is 0. The number of hydrogen-bond acceptors (Lipinski definition) is 2. The predicted octanol–water partition coefficient (Wildman–Crippen LogP) is 3.52. The highest BCUT2D eigenvalue weighted by atomic mass is 16.5. The third kappa shape index (κ3) is 3.12. The van der Waals surface area contributed by atoms with Crippen LogP contribution in [0, 0.1) is 13.8 Å². The second-order valence-electron chi connectivity index (χ2n) is 5.34. The van der Waals surface area contributed by atoms with Crippen LogP contribution >= 0.6 is 0 Å². The summed E-state index contributed by atoms with van der Waals surface area (Å²) in [6, 6.07) is 7.09. The van der Waals surface area contributed by atoms with E-state index in [1.165, 1.54) is 29.5 Å². The zero-order chi connectivity index (χ0) is 13.0. The summed E-state index contributed by atoms with van der Waals surface area (Å²) in [6.45, 7) is 8.54. The molecule has 1 aliphatic heterocycles. The van der Waals surface area contributed by atoms with Crippen LogP contribution in [0.4, 0.5) is 0 Å². The normalized spacial score (nSPS) is 21.2. The molecule has 18 heavy (non-hydrogen) atoms. The van der Waals surface area contributed by atoms with Crippen molar-refractivity contribution in [2.45, 2.75) is 52.2 Å². The third-order valence-corrected chi connectivity index (χ3v) is 3.71. The number of benzene rings is 1. The van der Waals surface area contributed by atoms with Crippen LogP contribution in [0.1, 0.15) is 48.9 Å². The van der Waals surface area contributed by atoms with Gasteiger partial charge in [-0.25, -0.2) is 0 Å². The minimum absolute atomic E-state index is 0.345. The molecule has 100 valence electrons. The van der Waals surface area contributed by atoms with E-state index in [9.17, 15) is 0 Å². The summed E-state index contributed by atoms with van der Waals surface area (Å²) in [6.07, 6.45) is 3.88. The zero-order valence-corrected chi connectivity index (χ0v) is 11.8. The molecular weight excluding hydrogens is 222 g/mol. The molecule has 0 bridgehead atoms. The Bertz CT molecular complexity index is 383. The Labute approximate surface area is 111 Å². The lowest BCUT2D eigenvalue weighted by Gasteiger charge is -2.26. The molecule has 1 aromatic carbocycles. The van der Waals surface area contributed by atoms with Gasteiger partial charge in [-0.05, 0) is 50.8 Å². The van der Waals surface area contributed by atoms with Gasteiger partial charge in [-0.15, -0.1) is 0 Å². The van der Waals surface area contributed by atoms with E-state index < -0.39 is 0 Å². The van der Waals surface area contributed by atoms with Crippen LogP contribution in [0.15, 0.2) is 18.2 Å². The summed E-state index contributed by atoms with van der Waals surface area (Å²) in [5.41, 5.74) is 4.11. The van der Waals surface area contributed by atoms with E-state index in [2.05, 4.69) is 44.3 Å². The van der Waals surface area contributed by atoms with Gasteiger partial charge in [0.25, 0.3) is 0 Å². The monoisotopic (exact) mass is 247 g/mol. The van der Waals surface area contributed by atoms with Crippen LogP contribution in [0.5, 0.6) is 0 Å². The molecule has 0 aliphatic carbocycles. The van der Waals surface area contributed by atoms with Crippen molar-refractivity contribution in [2.75, 3.05) is 13.2 Å². The molecule has 1 fully saturated rings. The number of ether oxygens (including phenoxy) is 1. The molecule has 0 spiro atoms. The van der Waals surface area contributed by atoms with Gasteiger partial charge in [0.05, 0.1) is 12.1 Å². The Morgan fingerprint density at radius 2 is 2.22 bits per heavy atom. The van der Waals surface area contributed by atoms with Crippen molar-refractivity contribution in [3.63, 3.8) is 0 Å². The van der Waals surface area contributed by atoms with Crippen LogP contribution in [-0.4, -0.2) is 19.3 Å². The lowest BCUT2D eigenvalue weighted by molar-refractivity contribution is 0.0781. The second kappa shape index (κ2) is 6.35. The predicted molar refractivity (Wildman–Crippen MR) is 75.9 cm³/mol.